The molecule has 6 heteroatoms. The van der Waals surface area contributed by atoms with Gasteiger partial charge in [0.05, 0.1) is 0 Å². The van der Waals surface area contributed by atoms with Crippen LogP contribution in [0.5, 0.6) is 0 Å². The van der Waals surface area contributed by atoms with Crippen molar-refractivity contribution in [3.8, 4) is 0 Å². The van der Waals surface area contributed by atoms with Gasteiger partial charge in [-0.1, -0.05) is 264 Å². The standard InChI is InChI=1S/C69H114O6/c1-4-7-10-13-15-17-19-21-23-25-27-28-29-30-31-32-33-34-35-36-37-38-39-40-42-43-45-47-49-51-53-56-59-62-68(71)74-65-66(64-73-67(70)61-58-55-12-9-6-3)75-69(72)63-60-57-54-52-50-48-46-44-41-26-24-22-20-18-16-14-11-8-5-2/h7,10,15,17,21-24,27-28,30-31,33-34,36-37,39-40,43,45,66H,4-6,8-9,11-14,16,18-20,25-26,29,32,35,38,41-42,44,46-65H2,1-3H3/b10-7-,17-15-,23-21-,24-22-,28-27-,31-30-,34-33-,37-36-,40-39-,45-43-. The van der Waals surface area contributed by atoms with E-state index in [0.717, 1.165) is 141 Å². The number of allylic oxidation sites excluding steroid dienone is 20. The molecule has 0 aliphatic carbocycles. The first-order chi connectivity index (χ1) is 37.0. The van der Waals surface area contributed by atoms with Gasteiger partial charge in [0, 0.05) is 19.3 Å². The van der Waals surface area contributed by atoms with Gasteiger partial charge in [-0.25, -0.2) is 0 Å². The molecule has 0 aromatic rings. The van der Waals surface area contributed by atoms with Crippen molar-refractivity contribution >= 4 is 17.9 Å². The van der Waals surface area contributed by atoms with E-state index in [-0.39, 0.29) is 31.1 Å². The zero-order chi connectivity index (χ0) is 54.3. The summed E-state index contributed by atoms with van der Waals surface area (Å²) in [6.07, 6.45) is 86.7. The maximum atomic E-state index is 12.8. The summed E-state index contributed by atoms with van der Waals surface area (Å²) < 4.78 is 16.7. The van der Waals surface area contributed by atoms with E-state index in [1.165, 1.54) is 96.3 Å². The van der Waals surface area contributed by atoms with Crippen molar-refractivity contribution in [3.63, 3.8) is 0 Å². The first-order valence-corrected chi connectivity index (χ1v) is 31.0. The van der Waals surface area contributed by atoms with E-state index in [1.807, 2.05) is 0 Å². The third-order valence-electron chi connectivity index (χ3n) is 13.0. The Morgan fingerprint density at radius 3 is 0.827 bits per heavy atom. The highest BCUT2D eigenvalue weighted by Crippen LogP contribution is 2.15. The highest BCUT2D eigenvalue weighted by atomic mass is 16.6. The van der Waals surface area contributed by atoms with Crippen LogP contribution in [0.1, 0.15) is 278 Å². The van der Waals surface area contributed by atoms with Crippen LogP contribution in [-0.4, -0.2) is 37.2 Å². The Hall–Kier alpha value is -4.19. The molecule has 0 aromatic carbocycles. The molecule has 426 valence electrons. The van der Waals surface area contributed by atoms with Crippen LogP contribution in [0.15, 0.2) is 122 Å². The van der Waals surface area contributed by atoms with Crippen LogP contribution in [0.2, 0.25) is 0 Å². The second kappa shape index (κ2) is 62.4. The van der Waals surface area contributed by atoms with Crippen molar-refractivity contribution in [3.05, 3.63) is 122 Å². The predicted octanol–water partition coefficient (Wildman–Crippen LogP) is 21.2. The van der Waals surface area contributed by atoms with Gasteiger partial charge < -0.3 is 14.2 Å². The van der Waals surface area contributed by atoms with Gasteiger partial charge in [0.2, 0.25) is 0 Å². The first kappa shape index (κ1) is 70.8. The van der Waals surface area contributed by atoms with Crippen molar-refractivity contribution in [1.29, 1.82) is 0 Å². The minimum absolute atomic E-state index is 0.0866. The van der Waals surface area contributed by atoms with E-state index in [1.54, 1.807) is 0 Å². The first-order valence-electron chi connectivity index (χ1n) is 31.0. The number of unbranched alkanes of at least 4 members (excludes halogenated alkanes) is 24. The molecule has 0 rings (SSSR count). The van der Waals surface area contributed by atoms with Crippen molar-refractivity contribution in [1.82, 2.24) is 0 Å². The van der Waals surface area contributed by atoms with Gasteiger partial charge >= 0.3 is 17.9 Å². The number of hydrogen-bond donors (Lipinski definition) is 0. The summed E-state index contributed by atoms with van der Waals surface area (Å²) in [6, 6.07) is 0. The van der Waals surface area contributed by atoms with Crippen LogP contribution in [0.4, 0.5) is 0 Å². The molecule has 0 heterocycles. The van der Waals surface area contributed by atoms with Gasteiger partial charge in [0.15, 0.2) is 6.10 Å². The van der Waals surface area contributed by atoms with E-state index in [4.69, 9.17) is 14.2 Å². The molecule has 0 aliphatic rings. The summed E-state index contributed by atoms with van der Waals surface area (Å²) in [5, 5.41) is 0. The second-order valence-corrected chi connectivity index (χ2v) is 20.2. The lowest BCUT2D eigenvalue weighted by Gasteiger charge is -2.18. The normalized spacial score (nSPS) is 12.9. The van der Waals surface area contributed by atoms with E-state index < -0.39 is 6.10 Å². The van der Waals surface area contributed by atoms with Gasteiger partial charge in [0.1, 0.15) is 13.2 Å². The Kier molecular flexibility index (Phi) is 58.9. The van der Waals surface area contributed by atoms with Crippen LogP contribution in [0.25, 0.3) is 0 Å². The number of carbonyl (C=O) groups excluding carboxylic acids is 3. The monoisotopic (exact) mass is 1040 g/mol. The average Bonchev–Trinajstić information content (AvgIpc) is 3.41. The maximum Gasteiger partial charge on any atom is 0.306 e. The number of hydrogen-bond acceptors (Lipinski definition) is 6. The maximum absolute atomic E-state index is 12.8. The highest BCUT2D eigenvalue weighted by molar-refractivity contribution is 5.71. The molecule has 0 fully saturated rings. The van der Waals surface area contributed by atoms with Crippen LogP contribution < -0.4 is 0 Å². The van der Waals surface area contributed by atoms with Gasteiger partial charge in [-0.15, -0.1) is 0 Å². The van der Waals surface area contributed by atoms with Crippen molar-refractivity contribution in [2.75, 3.05) is 13.2 Å². The molecule has 1 unspecified atom stereocenters. The lowest BCUT2D eigenvalue weighted by atomic mass is 10.1. The predicted molar refractivity (Wildman–Crippen MR) is 325 cm³/mol. The van der Waals surface area contributed by atoms with Crippen molar-refractivity contribution < 1.29 is 28.6 Å². The lowest BCUT2D eigenvalue weighted by Crippen LogP contribution is -2.30. The molecule has 0 amide bonds. The molecular weight excluding hydrogens is 925 g/mol. The fraction of sp³-hybridized carbons (Fsp3) is 0.667. The van der Waals surface area contributed by atoms with Crippen molar-refractivity contribution in [2.24, 2.45) is 0 Å². The molecule has 0 saturated heterocycles. The highest BCUT2D eigenvalue weighted by Gasteiger charge is 2.19. The third kappa shape index (κ3) is 60.6. The summed E-state index contributed by atoms with van der Waals surface area (Å²) in [4.78, 5) is 37.9. The van der Waals surface area contributed by atoms with Crippen LogP contribution in [0.3, 0.4) is 0 Å². The molecule has 0 bridgehead atoms. The molecule has 0 radical (unpaired) electrons. The van der Waals surface area contributed by atoms with Gasteiger partial charge in [-0.2, -0.15) is 0 Å². The SMILES string of the molecule is CC/C=C\C/C=C\C/C=C\C/C=C\C/C=C\C/C=C\C/C=C\C/C=C\C/C=C\CCCCCCCC(=O)OCC(COC(=O)CCCCCCC)OC(=O)CCCCCCCCCCC/C=C\CCCCCCCC. The van der Waals surface area contributed by atoms with Crippen LogP contribution in [-0.2, 0) is 28.6 Å². The number of carbonyl (C=O) groups is 3. The molecule has 75 heavy (non-hydrogen) atoms. The number of rotatable bonds is 55. The van der Waals surface area contributed by atoms with Crippen molar-refractivity contribution in [2.45, 2.75) is 284 Å². The smallest absolute Gasteiger partial charge is 0.306 e. The van der Waals surface area contributed by atoms with Gasteiger partial charge in [0.25, 0.3) is 0 Å². The Balaban J connectivity index is 4.13. The molecule has 6 nitrogen and oxygen atoms in total. The molecule has 0 aliphatic heterocycles. The molecule has 0 spiro atoms. The fourth-order valence-electron chi connectivity index (χ4n) is 8.31. The summed E-state index contributed by atoms with van der Waals surface area (Å²) >= 11 is 0. The number of esters is 3. The average molecular weight is 1040 g/mol. The fourth-order valence-corrected chi connectivity index (χ4v) is 8.31. The Labute approximate surface area is 462 Å². The Morgan fingerprint density at radius 2 is 0.520 bits per heavy atom. The zero-order valence-corrected chi connectivity index (χ0v) is 48.8. The lowest BCUT2D eigenvalue weighted by molar-refractivity contribution is -0.167. The summed E-state index contributed by atoms with van der Waals surface area (Å²) in [6.45, 7) is 6.42. The summed E-state index contributed by atoms with van der Waals surface area (Å²) in [5.41, 5.74) is 0. The molecule has 0 N–H and O–H groups in total. The van der Waals surface area contributed by atoms with Gasteiger partial charge in [-0.05, 0) is 116 Å². The third-order valence-corrected chi connectivity index (χ3v) is 13.0. The minimum atomic E-state index is -0.786. The topological polar surface area (TPSA) is 78.9 Å². The molecule has 0 saturated carbocycles. The summed E-state index contributed by atoms with van der Waals surface area (Å²) in [7, 11) is 0. The Morgan fingerprint density at radius 1 is 0.280 bits per heavy atom. The largest absolute Gasteiger partial charge is 0.462 e. The second-order valence-electron chi connectivity index (χ2n) is 20.2. The van der Waals surface area contributed by atoms with Crippen LogP contribution >= 0.6 is 0 Å². The van der Waals surface area contributed by atoms with E-state index in [9.17, 15) is 14.4 Å². The van der Waals surface area contributed by atoms with E-state index in [2.05, 4.69) is 142 Å². The Bertz CT molecular complexity index is 1570. The molecular formula is C69H114O6. The van der Waals surface area contributed by atoms with E-state index >= 15 is 0 Å². The molecule has 0 aromatic heterocycles. The van der Waals surface area contributed by atoms with Crippen LogP contribution in [0, 0.1) is 0 Å². The van der Waals surface area contributed by atoms with Gasteiger partial charge in [-0.3, -0.25) is 14.4 Å². The zero-order valence-electron chi connectivity index (χ0n) is 48.8. The number of ether oxygens (including phenoxy) is 3. The summed E-state index contributed by atoms with van der Waals surface area (Å²) in [5.74, 6) is -0.921. The van der Waals surface area contributed by atoms with E-state index in [0.29, 0.717) is 19.3 Å². The quantitative estimate of drug-likeness (QED) is 0.0261. The minimum Gasteiger partial charge on any atom is -0.462 e. The molecule has 1 atom stereocenters.